The molecular weight excluding hydrogens is 454 g/mol. The van der Waals surface area contributed by atoms with Crippen molar-refractivity contribution in [1.29, 1.82) is 0 Å². The van der Waals surface area contributed by atoms with E-state index in [-0.39, 0.29) is 4.91 Å². The first-order valence-electron chi connectivity index (χ1n) is 7.52. The summed E-state index contributed by atoms with van der Waals surface area (Å²) in [6.07, 6.45) is 1.59. The fraction of sp³-hybridized carbons (Fsp3) is 0.118. The molecule has 0 radical (unpaired) electrons. The van der Waals surface area contributed by atoms with Gasteiger partial charge >= 0.3 is 5.97 Å². The SMILES string of the molecule is COc1cc(OC)cc(-c2nc(S/C(=C\c3ccc(Br)s3)C(=O)O)n[nH]2)c1. The molecule has 0 unspecified atom stereocenters. The number of halogens is 1. The first-order valence-corrected chi connectivity index (χ1v) is 9.95. The summed E-state index contributed by atoms with van der Waals surface area (Å²) in [4.78, 5) is 16.9. The molecule has 2 N–H and O–H groups in total. The number of ether oxygens (including phenoxy) is 2. The third-order valence-corrected chi connectivity index (χ3v) is 5.82. The van der Waals surface area contributed by atoms with E-state index in [9.17, 15) is 9.90 Å². The van der Waals surface area contributed by atoms with Gasteiger partial charge < -0.3 is 14.6 Å². The Bertz CT molecular complexity index is 977. The van der Waals surface area contributed by atoms with E-state index in [1.54, 1.807) is 38.5 Å². The van der Waals surface area contributed by atoms with Crippen LogP contribution in [-0.4, -0.2) is 40.5 Å². The highest BCUT2D eigenvalue weighted by atomic mass is 79.9. The van der Waals surface area contributed by atoms with Gasteiger partial charge in [0, 0.05) is 16.5 Å². The van der Waals surface area contributed by atoms with Crippen molar-refractivity contribution in [3.63, 3.8) is 0 Å². The Hall–Kier alpha value is -2.30. The normalized spacial score (nSPS) is 11.4. The van der Waals surface area contributed by atoms with Gasteiger partial charge in [0.05, 0.1) is 18.0 Å². The van der Waals surface area contributed by atoms with E-state index in [2.05, 4.69) is 31.1 Å². The van der Waals surface area contributed by atoms with Gasteiger partial charge in [-0.25, -0.2) is 9.78 Å². The summed E-state index contributed by atoms with van der Waals surface area (Å²) in [5.41, 5.74) is 0.716. The van der Waals surface area contributed by atoms with Crippen LogP contribution in [0.2, 0.25) is 0 Å². The number of carbonyl (C=O) groups is 1. The molecule has 7 nitrogen and oxygen atoms in total. The minimum absolute atomic E-state index is 0.123. The number of thioether (sulfide) groups is 1. The molecule has 140 valence electrons. The first kappa shape index (κ1) is 19.5. The highest BCUT2D eigenvalue weighted by Crippen LogP contribution is 2.32. The Kier molecular flexibility index (Phi) is 6.19. The largest absolute Gasteiger partial charge is 0.497 e. The molecule has 0 atom stereocenters. The second-order valence-corrected chi connectivity index (χ2v) is 8.63. The molecule has 0 saturated carbocycles. The number of aromatic amines is 1. The molecule has 0 fully saturated rings. The lowest BCUT2D eigenvalue weighted by atomic mass is 10.2. The van der Waals surface area contributed by atoms with Crippen LogP contribution in [0.3, 0.4) is 0 Å². The van der Waals surface area contributed by atoms with Crippen molar-refractivity contribution in [3.8, 4) is 22.9 Å². The predicted octanol–water partition coefficient (Wildman–Crippen LogP) is 4.53. The van der Waals surface area contributed by atoms with Crippen LogP contribution in [0.25, 0.3) is 17.5 Å². The number of thiophene rings is 1. The number of hydrogen-bond acceptors (Lipinski definition) is 7. The molecule has 0 spiro atoms. The lowest BCUT2D eigenvalue weighted by Gasteiger charge is -2.06. The van der Waals surface area contributed by atoms with Gasteiger partial charge in [-0.15, -0.1) is 16.4 Å². The van der Waals surface area contributed by atoms with Crippen molar-refractivity contribution in [2.24, 2.45) is 0 Å². The molecule has 27 heavy (non-hydrogen) atoms. The van der Waals surface area contributed by atoms with Crippen LogP contribution >= 0.6 is 39.0 Å². The predicted molar refractivity (Wildman–Crippen MR) is 108 cm³/mol. The number of aliphatic carboxylic acids is 1. The van der Waals surface area contributed by atoms with Gasteiger partial charge in [0.15, 0.2) is 5.82 Å². The molecular formula is C17H14BrN3O4S2. The smallest absolute Gasteiger partial charge is 0.342 e. The fourth-order valence-electron chi connectivity index (χ4n) is 2.13. The first-order chi connectivity index (χ1) is 13.0. The minimum Gasteiger partial charge on any atom is -0.497 e. The maximum Gasteiger partial charge on any atom is 0.342 e. The number of nitrogens with one attached hydrogen (secondary N) is 1. The highest BCUT2D eigenvalue weighted by Gasteiger charge is 2.15. The van der Waals surface area contributed by atoms with Crippen molar-refractivity contribution >= 4 is 51.1 Å². The fourth-order valence-corrected chi connectivity index (χ4v) is 4.27. The number of aromatic nitrogens is 3. The van der Waals surface area contributed by atoms with Gasteiger partial charge in [-0.05, 0) is 58.0 Å². The number of carboxylic acids is 1. The quantitative estimate of drug-likeness (QED) is 0.388. The average molecular weight is 468 g/mol. The zero-order valence-corrected chi connectivity index (χ0v) is 17.4. The standard InChI is InChI=1S/C17H14BrN3O4S2/c1-24-10-5-9(6-11(7-10)25-2)15-19-17(21-20-15)27-13(16(22)23)8-12-3-4-14(18)26-12/h3-8H,1-2H3,(H,22,23)(H,19,20,21)/b13-8-. The summed E-state index contributed by atoms with van der Waals surface area (Å²) in [5, 5.41) is 16.7. The molecule has 2 aromatic heterocycles. The van der Waals surface area contributed by atoms with Crippen molar-refractivity contribution in [2.75, 3.05) is 14.2 Å². The van der Waals surface area contributed by atoms with E-state index in [1.165, 1.54) is 11.3 Å². The molecule has 0 aliphatic carbocycles. The van der Waals surface area contributed by atoms with E-state index < -0.39 is 5.97 Å². The monoisotopic (exact) mass is 467 g/mol. The second kappa shape index (κ2) is 8.59. The second-order valence-electron chi connectivity index (χ2n) is 5.13. The number of rotatable bonds is 7. The lowest BCUT2D eigenvalue weighted by Crippen LogP contribution is -1.96. The number of nitrogens with zero attached hydrogens (tertiary/aromatic N) is 2. The van der Waals surface area contributed by atoms with Crippen LogP contribution in [-0.2, 0) is 4.79 Å². The molecule has 0 amide bonds. The summed E-state index contributed by atoms with van der Waals surface area (Å²) in [5.74, 6) is 0.672. The van der Waals surface area contributed by atoms with Gasteiger partial charge in [0.25, 0.3) is 0 Å². The summed E-state index contributed by atoms with van der Waals surface area (Å²) in [7, 11) is 3.13. The molecule has 0 saturated heterocycles. The summed E-state index contributed by atoms with van der Waals surface area (Å²) in [6.45, 7) is 0. The summed E-state index contributed by atoms with van der Waals surface area (Å²) < 4.78 is 11.4. The lowest BCUT2D eigenvalue weighted by molar-refractivity contribution is -0.131. The average Bonchev–Trinajstić information content (AvgIpc) is 3.29. The van der Waals surface area contributed by atoms with Crippen LogP contribution < -0.4 is 9.47 Å². The van der Waals surface area contributed by atoms with E-state index in [0.717, 1.165) is 20.4 Å². The van der Waals surface area contributed by atoms with Crippen LogP contribution in [0.4, 0.5) is 0 Å². The zero-order valence-electron chi connectivity index (χ0n) is 14.2. The Morgan fingerprint density at radius 1 is 1.26 bits per heavy atom. The Morgan fingerprint density at radius 3 is 2.52 bits per heavy atom. The molecule has 3 rings (SSSR count). The van der Waals surface area contributed by atoms with Crippen molar-refractivity contribution < 1.29 is 19.4 Å². The van der Waals surface area contributed by atoms with Gasteiger partial charge in [-0.1, -0.05) is 0 Å². The molecule has 1 aromatic carbocycles. The zero-order chi connectivity index (χ0) is 19.4. The Morgan fingerprint density at radius 2 is 1.96 bits per heavy atom. The Balaban J connectivity index is 1.86. The van der Waals surface area contributed by atoms with E-state index in [4.69, 9.17) is 9.47 Å². The molecule has 0 aliphatic heterocycles. The molecule has 0 bridgehead atoms. The van der Waals surface area contributed by atoms with Gasteiger partial charge in [-0.2, -0.15) is 0 Å². The van der Waals surface area contributed by atoms with Crippen molar-refractivity contribution in [2.45, 2.75) is 5.16 Å². The van der Waals surface area contributed by atoms with Crippen LogP contribution in [0.1, 0.15) is 4.88 Å². The van der Waals surface area contributed by atoms with Gasteiger partial charge in [-0.3, -0.25) is 5.10 Å². The summed E-state index contributed by atoms with van der Waals surface area (Å²) in [6, 6.07) is 9.02. The third kappa shape index (κ3) is 4.90. The van der Waals surface area contributed by atoms with E-state index in [0.29, 0.717) is 28.0 Å². The highest BCUT2D eigenvalue weighted by molar-refractivity contribution is 9.11. The van der Waals surface area contributed by atoms with Crippen LogP contribution in [0, 0.1) is 0 Å². The molecule has 0 aliphatic rings. The van der Waals surface area contributed by atoms with Crippen molar-refractivity contribution in [1.82, 2.24) is 15.2 Å². The minimum atomic E-state index is -1.04. The number of carboxylic acid groups (broad SMARTS) is 1. The maximum absolute atomic E-state index is 11.6. The number of benzene rings is 1. The van der Waals surface area contributed by atoms with Crippen molar-refractivity contribution in [3.05, 3.63) is 43.9 Å². The Labute approximate surface area is 171 Å². The molecule has 2 heterocycles. The third-order valence-electron chi connectivity index (χ3n) is 3.37. The maximum atomic E-state index is 11.6. The van der Waals surface area contributed by atoms with Gasteiger partial charge in [0.2, 0.25) is 5.16 Å². The summed E-state index contributed by atoms with van der Waals surface area (Å²) >= 11 is 5.78. The van der Waals surface area contributed by atoms with E-state index in [1.807, 2.05) is 12.1 Å². The molecule has 3 aromatic rings. The van der Waals surface area contributed by atoms with Crippen LogP contribution in [0.5, 0.6) is 11.5 Å². The van der Waals surface area contributed by atoms with E-state index >= 15 is 0 Å². The topological polar surface area (TPSA) is 97.3 Å². The number of H-pyrrole nitrogens is 1. The number of hydrogen-bond donors (Lipinski definition) is 2. The van der Waals surface area contributed by atoms with Crippen LogP contribution in [0.15, 0.2) is 44.2 Å². The molecule has 10 heteroatoms. The number of methoxy groups -OCH3 is 2. The van der Waals surface area contributed by atoms with Gasteiger partial charge in [0.1, 0.15) is 16.4 Å².